The van der Waals surface area contributed by atoms with Gasteiger partial charge in [-0.25, -0.2) is 4.79 Å². The molecule has 6 nitrogen and oxygen atoms in total. The van der Waals surface area contributed by atoms with Crippen molar-refractivity contribution in [3.8, 4) is 5.75 Å². The van der Waals surface area contributed by atoms with Gasteiger partial charge >= 0.3 is 12.3 Å². The largest absolute Gasteiger partial charge is 0.492 e. The van der Waals surface area contributed by atoms with Crippen LogP contribution in [0.5, 0.6) is 5.75 Å². The van der Waals surface area contributed by atoms with Crippen LogP contribution in [0.4, 0.5) is 18.0 Å². The van der Waals surface area contributed by atoms with Crippen molar-refractivity contribution in [2.24, 2.45) is 0 Å². The Balaban J connectivity index is 2.37. The van der Waals surface area contributed by atoms with Crippen LogP contribution < -0.4 is 15.4 Å². The molecule has 0 unspecified atom stereocenters. The third kappa shape index (κ3) is 8.09. The van der Waals surface area contributed by atoms with Gasteiger partial charge in [-0.1, -0.05) is 6.07 Å². The maximum Gasteiger partial charge on any atom is 0.416 e. The Hall–Kier alpha value is -2.45. The molecule has 1 atom stereocenters. The summed E-state index contributed by atoms with van der Waals surface area (Å²) in [6.45, 7) is 6.61. The number of hydrogen-bond donors (Lipinski definition) is 2. The number of amides is 2. The Morgan fingerprint density at radius 1 is 1.19 bits per heavy atom. The lowest BCUT2D eigenvalue weighted by Crippen LogP contribution is -2.47. The fourth-order valence-electron chi connectivity index (χ4n) is 1.81. The molecule has 2 amide bonds. The summed E-state index contributed by atoms with van der Waals surface area (Å²) in [4.78, 5) is 23.4. The van der Waals surface area contributed by atoms with E-state index in [1.807, 2.05) is 0 Å². The molecule has 0 fully saturated rings. The molecule has 0 spiro atoms. The summed E-state index contributed by atoms with van der Waals surface area (Å²) in [5.74, 6) is -0.419. The number of alkyl halides is 3. The molecule has 1 aromatic rings. The van der Waals surface area contributed by atoms with E-state index >= 15 is 0 Å². The van der Waals surface area contributed by atoms with Crippen molar-refractivity contribution < 1.29 is 32.2 Å². The van der Waals surface area contributed by atoms with Crippen molar-refractivity contribution in [3.05, 3.63) is 29.8 Å². The van der Waals surface area contributed by atoms with Gasteiger partial charge in [-0.15, -0.1) is 0 Å². The zero-order valence-corrected chi connectivity index (χ0v) is 15.1. The average molecular weight is 376 g/mol. The predicted molar refractivity (Wildman–Crippen MR) is 88.8 cm³/mol. The minimum Gasteiger partial charge on any atom is -0.492 e. The van der Waals surface area contributed by atoms with E-state index in [1.165, 1.54) is 19.1 Å². The van der Waals surface area contributed by atoms with Crippen LogP contribution in [0, 0.1) is 0 Å². The molecule has 1 rings (SSSR count). The van der Waals surface area contributed by atoms with Gasteiger partial charge in [0.1, 0.15) is 24.0 Å². The molecule has 0 aliphatic carbocycles. The molecule has 146 valence electrons. The second-order valence-corrected chi connectivity index (χ2v) is 6.53. The normalized spacial score (nSPS) is 12.9. The summed E-state index contributed by atoms with van der Waals surface area (Å²) < 4.78 is 48.0. The van der Waals surface area contributed by atoms with Gasteiger partial charge in [0.05, 0.1) is 12.1 Å². The van der Waals surface area contributed by atoms with E-state index in [0.717, 1.165) is 12.1 Å². The number of carbonyl (C=O) groups excluding carboxylic acids is 2. The van der Waals surface area contributed by atoms with Crippen molar-refractivity contribution in [3.63, 3.8) is 0 Å². The van der Waals surface area contributed by atoms with E-state index in [1.54, 1.807) is 20.8 Å². The third-order valence-electron chi connectivity index (χ3n) is 2.96. The summed E-state index contributed by atoms with van der Waals surface area (Å²) in [6, 6.07) is 3.62. The first kappa shape index (κ1) is 21.6. The molecule has 0 saturated carbocycles. The van der Waals surface area contributed by atoms with Crippen molar-refractivity contribution in [2.75, 3.05) is 13.2 Å². The minimum absolute atomic E-state index is 0.0216. The molecule has 26 heavy (non-hydrogen) atoms. The van der Waals surface area contributed by atoms with Crippen LogP contribution in [-0.2, 0) is 15.7 Å². The molecular weight excluding hydrogens is 353 g/mol. The van der Waals surface area contributed by atoms with E-state index in [0.29, 0.717) is 0 Å². The van der Waals surface area contributed by atoms with Crippen LogP contribution in [0.3, 0.4) is 0 Å². The van der Waals surface area contributed by atoms with Crippen molar-refractivity contribution in [1.29, 1.82) is 0 Å². The number of alkyl carbamates (subject to hydrolysis) is 1. The van der Waals surface area contributed by atoms with E-state index in [9.17, 15) is 22.8 Å². The standard InChI is InChI=1S/C17H23F3N2O4/c1-11(22-15(24)26-16(2,3)4)14(23)21-8-9-25-13-7-5-6-12(10-13)17(18,19)20/h5-7,10-11H,8-9H2,1-4H3,(H,21,23)(H,22,24)/t11-/m1/s1. The maximum atomic E-state index is 12.6. The minimum atomic E-state index is -4.45. The van der Waals surface area contributed by atoms with Gasteiger partial charge in [0.2, 0.25) is 5.91 Å². The molecule has 0 aliphatic rings. The summed E-state index contributed by atoms with van der Waals surface area (Å²) >= 11 is 0. The van der Waals surface area contributed by atoms with Gasteiger partial charge in [-0.2, -0.15) is 13.2 Å². The molecule has 0 aromatic heterocycles. The molecule has 0 bridgehead atoms. The van der Waals surface area contributed by atoms with E-state index in [-0.39, 0.29) is 18.9 Å². The van der Waals surface area contributed by atoms with Gasteiger partial charge in [-0.3, -0.25) is 4.79 Å². The number of nitrogens with one attached hydrogen (secondary N) is 2. The van der Waals surface area contributed by atoms with E-state index < -0.39 is 35.4 Å². The zero-order valence-electron chi connectivity index (χ0n) is 15.1. The first-order valence-electron chi connectivity index (χ1n) is 7.96. The lowest BCUT2D eigenvalue weighted by Gasteiger charge is -2.21. The Labute approximate surface area is 150 Å². The molecule has 9 heteroatoms. The SMILES string of the molecule is C[C@@H](NC(=O)OC(C)(C)C)C(=O)NCCOc1cccc(C(F)(F)F)c1. The van der Waals surface area contributed by atoms with Crippen LogP contribution in [0.2, 0.25) is 0 Å². The lowest BCUT2D eigenvalue weighted by molar-refractivity contribution is -0.137. The first-order valence-corrected chi connectivity index (χ1v) is 7.96. The topological polar surface area (TPSA) is 76.7 Å². The van der Waals surface area contributed by atoms with Crippen LogP contribution in [0.25, 0.3) is 0 Å². The molecule has 1 aromatic carbocycles. The fourth-order valence-corrected chi connectivity index (χ4v) is 1.81. The molecule has 0 heterocycles. The van der Waals surface area contributed by atoms with Gasteiger partial charge in [0.25, 0.3) is 0 Å². The Kier molecular flexibility index (Phi) is 7.29. The van der Waals surface area contributed by atoms with Gasteiger partial charge in [0, 0.05) is 0 Å². The van der Waals surface area contributed by atoms with E-state index in [2.05, 4.69) is 10.6 Å². The van der Waals surface area contributed by atoms with Crippen LogP contribution in [0.15, 0.2) is 24.3 Å². The summed E-state index contributed by atoms with van der Waals surface area (Å²) in [6.07, 6.45) is -5.17. The molecule has 2 N–H and O–H groups in total. The van der Waals surface area contributed by atoms with Crippen LogP contribution in [-0.4, -0.2) is 36.8 Å². The fraction of sp³-hybridized carbons (Fsp3) is 0.529. The highest BCUT2D eigenvalue weighted by molar-refractivity contribution is 5.85. The highest BCUT2D eigenvalue weighted by atomic mass is 19.4. The van der Waals surface area contributed by atoms with Gasteiger partial charge in [-0.05, 0) is 45.9 Å². The molecule has 0 aliphatic heterocycles. The quantitative estimate of drug-likeness (QED) is 0.748. The Bertz CT molecular complexity index is 627. The Morgan fingerprint density at radius 3 is 2.42 bits per heavy atom. The Morgan fingerprint density at radius 2 is 1.85 bits per heavy atom. The second-order valence-electron chi connectivity index (χ2n) is 6.53. The average Bonchev–Trinajstić information content (AvgIpc) is 2.48. The third-order valence-corrected chi connectivity index (χ3v) is 2.96. The summed E-state index contributed by atoms with van der Waals surface area (Å²) in [7, 11) is 0. The first-order chi connectivity index (χ1) is 11.9. The maximum absolute atomic E-state index is 12.6. The van der Waals surface area contributed by atoms with Gasteiger partial charge in [0.15, 0.2) is 0 Å². The van der Waals surface area contributed by atoms with E-state index in [4.69, 9.17) is 9.47 Å². The number of ether oxygens (including phenoxy) is 2. The highest BCUT2D eigenvalue weighted by Crippen LogP contribution is 2.31. The monoisotopic (exact) mass is 376 g/mol. The summed E-state index contributed by atoms with van der Waals surface area (Å²) in [5, 5.41) is 4.89. The number of hydrogen-bond acceptors (Lipinski definition) is 4. The molecule has 0 saturated heterocycles. The summed E-state index contributed by atoms with van der Waals surface area (Å²) in [5.41, 5.74) is -1.49. The van der Waals surface area contributed by atoms with Crippen molar-refractivity contribution in [1.82, 2.24) is 10.6 Å². The number of halogens is 3. The predicted octanol–water partition coefficient (Wildman–Crippen LogP) is 3.11. The number of rotatable bonds is 6. The van der Waals surface area contributed by atoms with Gasteiger partial charge < -0.3 is 20.1 Å². The second kappa shape index (κ2) is 8.77. The zero-order chi connectivity index (χ0) is 20.0. The van der Waals surface area contributed by atoms with Crippen molar-refractivity contribution in [2.45, 2.75) is 45.5 Å². The lowest BCUT2D eigenvalue weighted by atomic mass is 10.2. The highest BCUT2D eigenvalue weighted by Gasteiger charge is 2.30. The molecule has 0 radical (unpaired) electrons. The molecular formula is C17H23F3N2O4. The van der Waals surface area contributed by atoms with Crippen molar-refractivity contribution >= 4 is 12.0 Å². The van der Waals surface area contributed by atoms with Crippen LogP contribution >= 0.6 is 0 Å². The number of benzene rings is 1. The van der Waals surface area contributed by atoms with Crippen LogP contribution in [0.1, 0.15) is 33.3 Å². The number of carbonyl (C=O) groups is 2. The smallest absolute Gasteiger partial charge is 0.416 e.